The summed E-state index contributed by atoms with van der Waals surface area (Å²) in [7, 11) is 1.89. The molecule has 1 heterocycles. The number of hydrogen-bond donors (Lipinski definition) is 1. The van der Waals surface area contributed by atoms with Gasteiger partial charge in [-0.3, -0.25) is 0 Å². The van der Waals surface area contributed by atoms with Gasteiger partial charge in [-0.1, -0.05) is 29.3 Å². The highest BCUT2D eigenvalue weighted by atomic mass is 16.3. The fraction of sp³-hybridized carbons (Fsp3) is 0.308. The van der Waals surface area contributed by atoms with E-state index in [1.165, 1.54) is 16.7 Å². The average Bonchev–Trinajstić information content (AvgIpc) is 2.43. The summed E-state index contributed by atoms with van der Waals surface area (Å²) in [4.78, 5) is 4.08. The Hall–Kier alpha value is -1.77. The molecule has 16 heavy (non-hydrogen) atoms. The zero-order valence-corrected chi connectivity index (χ0v) is 9.86. The molecule has 3 nitrogen and oxygen atoms in total. The normalized spacial score (nSPS) is 10.7. The Kier molecular flexibility index (Phi) is 2.69. The minimum Gasteiger partial charge on any atom is -0.492 e. The summed E-state index contributed by atoms with van der Waals surface area (Å²) in [6.45, 7) is 4.18. The SMILES string of the molecule is Cc1cc(C)cc(Cc2nc(O)cn2C)c1. The maximum Gasteiger partial charge on any atom is 0.229 e. The van der Waals surface area contributed by atoms with E-state index in [4.69, 9.17) is 0 Å². The number of rotatable bonds is 2. The molecule has 0 saturated heterocycles. The molecule has 0 aliphatic heterocycles. The molecular formula is C13H16N2O. The third-order valence-corrected chi connectivity index (χ3v) is 2.60. The van der Waals surface area contributed by atoms with Crippen LogP contribution < -0.4 is 0 Å². The van der Waals surface area contributed by atoms with Crippen molar-refractivity contribution >= 4 is 0 Å². The van der Waals surface area contributed by atoms with Gasteiger partial charge >= 0.3 is 0 Å². The first-order valence-corrected chi connectivity index (χ1v) is 5.33. The zero-order chi connectivity index (χ0) is 11.7. The monoisotopic (exact) mass is 216 g/mol. The van der Waals surface area contributed by atoms with E-state index < -0.39 is 0 Å². The summed E-state index contributed by atoms with van der Waals surface area (Å²) in [6, 6.07) is 6.46. The molecule has 2 aromatic rings. The molecule has 0 aliphatic carbocycles. The van der Waals surface area contributed by atoms with Crippen LogP contribution >= 0.6 is 0 Å². The molecule has 0 bridgehead atoms. The largest absolute Gasteiger partial charge is 0.492 e. The molecule has 0 saturated carbocycles. The summed E-state index contributed by atoms with van der Waals surface area (Å²) in [5, 5.41) is 9.29. The van der Waals surface area contributed by atoms with Gasteiger partial charge in [0.1, 0.15) is 5.82 Å². The van der Waals surface area contributed by atoms with E-state index in [2.05, 4.69) is 37.0 Å². The highest BCUT2D eigenvalue weighted by Gasteiger charge is 2.05. The zero-order valence-electron chi connectivity index (χ0n) is 9.86. The van der Waals surface area contributed by atoms with Gasteiger partial charge in [-0.2, -0.15) is 4.98 Å². The molecule has 2 rings (SSSR count). The van der Waals surface area contributed by atoms with Crippen LogP contribution in [0.4, 0.5) is 0 Å². The standard InChI is InChI=1S/C13H16N2O/c1-9-4-10(2)6-11(5-9)7-12-14-13(16)8-15(12)3/h4-6,8,16H,7H2,1-3H3. The molecule has 0 spiro atoms. The Morgan fingerprint density at radius 2 is 1.81 bits per heavy atom. The van der Waals surface area contributed by atoms with Gasteiger partial charge in [0.25, 0.3) is 0 Å². The molecule has 84 valence electrons. The summed E-state index contributed by atoms with van der Waals surface area (Å²) >= 11 is 0. The fourth-order valence-electron chi connectivity index (χ4n) is 2.01. The van der Waals surface area contributed by atoms with Crippen molar-refractivity contribution < 1.29 is 5.11 Å². The summed E-state index contributed by atoms with van der Waals surface area (Å²) in [5.41, 5.74) is 3.74. The van der Waals surface area contributed by atoms with Gasteiger partial charge in [0.2, 0.25) is 5.88 Å². The maximum atomic E-state index is 9.29. The van der Waals surface area contributed by atoms with Gasteiger partial charge in [-0.15, -0.1) is 0 Å². The average molecular weight is 216 g/mol. The Bertz CT molecular complexity index is 494. The fourth-order valence-corrected chi connectivity index (χ4v) is 2.01. The van der Waals surface area contributed by atoms with E-state index in [-0.39, 0.29) is 5.88 Å². The quantitative estimate of drug-likeness (QED) is 0.836. The number of hydrogen-bond acceptors (Lipinski definition) is 2. The third kappa shape index (κ3) is 2.24. The first kappa shape index (κ1) is 10.7. The van der Waals surface area contributed by atoms with Crippen LogP contribution in [0.1, 0.15) is 22.5 Å². The Labute approximate surface area is 95.4 Å². The van der Waals surface area contributed by atoms with Gasteiger partial charge in [0, 0.05) is 13.5 Å². The minimum atomic E-state index is 0.0851. The van der Waals surface area contributed by atoms with Crippen LogP contribution in [0.3, 0.4) is 0 Å². The number of nitrogens with zero attached hydrogens (tertiary/aromatic N) is 2. The Morgan fingerprint density at radius 1 is 1.19 bits per heavy atom. The highest BCUT2D eigenvalue weighted by molar-refractivity contribution is 5.30. The summed E-state index contributed by atoms with van der Waals surface area (Å²) in [5.74, 6) is 0.962. The number of aromatic hydroxyl groups is 1. The second-order valence-corrected chi connectivity index (χ2v) is 4.30. The molecule has 0 aliphatic rings. The highest BCUT2D eigenvalue weighted by Crippen LogP contribution is 2.15. The third-order valence-electron chi connectivity index (χ3n) is 2.60. The van der Waals surface area contributed by atoms with Crippen molar-refractivity contribution in [2.45, 2.75) is 20.3 Å². The number of aromatic nitrogens is 2. The molecule has 0 fully saturated rings. The summed E-state index contributed by atoms with van der Waals surface area (Å²) < 4.78 is 1.85. The van der Waals surface area contributed by atoms with E-state index in [9.17, 15) is 5.11 Å². The van der Waals surface area contributed by atoms with Gasteiger partial charge in [0.05, 0.1) is 6.20 Å². The molecule has 1 aromatic carbocycles. The predicted molar refractivity (Wildman–Crippen MR) is 63.6 cm³/mol. The van der Waals surface area contributed by atoms with Crippen molar-refractivity contribution in [3.05, 3.63) is 46.9 Å². The molecule has 0 radical (unpaired) electrons. The van der Waals surface area contributed by atoms with Crippen LogP contribution in [0.2, 0.25) is 0 Å². The van der Waals surface area contributed by atoms with Gasteiger partial charge in [0.15, 0.2) is 0 Å². The van der Waals surface area contributed by atoms with Gasteiger partial charge in [-0.05, 0) is 19.4 Å². The molecule has 0 atom stereocenters. The van der Waals surface area contributed by atoms with E-state index in [0.29, 0.717) is 0 Å². The van der Waals surface area contributed by atoms with Crippen molar-refractivity contribution in [3.8, 4) is 5.88 Å². The Morgan fingerprint density at radius 3 is 2.31 bits per heavy atom. The number of benzene rings is 1. The summed E-state index contributed by atoms with van der Waals surface area (Å²) in [6.07, 6.45) is 2.37. The van der Waals surface area contributed by atoms with Crippen LogP contribution in [-0.4, -0.2) is 14.7 Å². The lowest BCUT2D eigenvalue weighted by molar-refractivity contribution is 0.455. The first-order chi connectivity index (χ1) is 7.54. The predicted octanol–water partition coefficient (Wildman–Crippen LogP) is 2.33. The smallest absolute Gasteiger partial charge is 0.229 e. The van der Waals surface area contributed by atoms with Gasteiger partial charge < -0.3 is 9.67 Å². The molecule has 3 heteroatoms. The topological polar surface area (TPSA) is 38.1 Å². The lowest BCUT2D eigenvalue weighted by Crippen LogP contribution is -1.99. The minimum absolute atomic E-state index is 0.0851. The molecule has 0 amide bonds. The van der Waals surface area contributed by atoms with Crippen molar-refractivity contribution in [1.82, 2.24) is 9.55 Å². The molecular weight excluding hydrogens is 200 g/mol. The van der Waals surface area contributed by atoms with Crippen LogP contribution in [0.5, 0.6) is 5.88 Å². The number of aryl methyl sites for hydroxylation is 3. The van der Waals surface area contributed by atoms with E-state index in [1.54, 1.807) is 6.20 Å². The second kappa shape index (κ2) is 4.00. The lowest BCUT2D eigenvalue weighted by atomic mass is 10.0. The van der Waals surface area contributed by atoms with E-state index in [1.807, 2.05) is 11.6 Å². The maximum absolute atomic E-state index is 9.29. The van der Waals surface area contributed by atoms with Crippen molar-refractivity contribution in [3.63, 3.8) is 0 Å². The second-order valence-electron chi connectivity index (χ2n) is 4.30. The van der Waals surface area contributed by atoms with Crippen molar-refractivity contribution in [2.24, 2.45) is 7.05 Å². The van der Waals surface area contributed by atoms with Crippen LogP contribution in [0.25, 0.3) is 0 Å². The molecule has 1 N–H and O–H groups in total. The number of imidazole rings is 1. The molecule has 1 aromatic heterocycles. The lowest BCUT2D eigenvalue weighted by Gasteiger charge is -2.04. The Balaban J connectivity index is 2.30. The molecule has 0 unspecified atom stereocenters. The van der Waals surface area contributed by atoms with Gasteiger partial charge in [-0.25, -0.2) is 0 Å². The van der Waals surface area contributed by atoms with Crippen LogP contribution in [-0.2, 0) is 13.5 Å². The van der Waals surface area contributed by atoms with Crippen LogP contribution in [0, 0.1) is 13.8 Å². The first-order valence-electron chi connectivity index (χ1n) is 5.33. The van der Waals surface area contributed by atoms with Crippen molar-refractivity contribution in [2.75, 3.05) is 0 Å². The van der Waals surface area contributed by atoms with Crippen molar-refractivity contribution in [1.29, 1.82) is 0 Å². The van der Waals surface area contributed by atoms with E-state index >= 15 is 0 Å². The van der Waals surface area contributed by atoms with Crippen LogP contribution in [0.15, 0.2) is 24.4 Å². The van der Waals surface area contributed by atoms with E-state index in [0.717, 1.165) is 12.2 Å².